The van der Waals surface area contributed by atoms with Crippen LogP contribution in [-0.2, 0) is 9.59 Å². The van der Waals surface area contributed by atoms with Crippen LogP contribution in [0.3, 0.4) is 0 Å². The summed E-state index contributed by atoms with van der Waals surface area (Å²) in [6.07, 6.45) is 4.29. The number of hydrogen-bond donors (Lipinski definition) is 0. The van der Waals surface area contributed by atoms with E-state index in [4.69, 9.17) is 4.74 Å². The Hall–Kier alpha value is -2.15. The molecule has 0 bridgehead atoms. The number of carbonyl (C=O) groups excluding carboxylic acids is 2. The number of piperazine rings is 1. The van der Waals surface area contributed by atoms with Crippen LogP contribution in [0.15, 0.2) is 24.3 Å². The number of amides is 2. The Balaban J connectivity index is 1.40. The topological polar surface area (TPSA) is 53.1 Å². The van der Waals surface area contributed by atoms with Crippen LogP contribution in [0.2, 0.25) is 0 Å². The minimum atomic E-state index is -0.589. The first-order chi connectivity index (χ1) is 14.9. The molecule has 1 spiro atoms. The third kappa shape index (κ3) is 4.56. The second kappa shape index (κ2) is 9.15. The second-order valence-electron chi connectivity index (χ2n) is 9.62. The molecular formula is C24H34FN3O3. The van der Waals surface area contributed by atoms with Gasteiger partial charge in [0, 0.05) is 32.7 Å². The van der Waals surface area contributed by atoms with Crippen LogP contribution < -0.4 is 4.74 Å². The molecule has 0 aromatic heterocycles. The Labute approximate surface area is 184 Å². The van der Waals surface area contributed by atoms with Crippen molar-refractivity contribution in [3.05, 3.63) is 30.1 Å². The van der Waals surface area contributed by atoms with Gasteiger partial charge < -0.3 is 14.5 Å². The highest BCUT2D eigenvalue weighted by Gasteiger charge is 2.62. The number of benzene rings is 1. The fraction of sp³-hybridized carbons (Fsp3) is 0.667. The van der Waals surface area contributed by atoms with Gasteiger partial charge in [-0.3, -0.25) is 14.5 Å². The molecule has 2 heterocycles. The molecule has 2 amide bonds. The lowest BCUT2D eigenvalue weighted by atomic mass is 9.70. The van der Waals surface area contributed by atoms with Crippen molar-refractivity contribution in [1.82, 2.24) is 14.7 Å². The molecule has 1 atom stereocenters. The maximum absolute atomic E-state index is 13.2. The van der Waals surface area contributed by atoms with Crippen LogP contribution in [0, 0.1) is 11.7 Å². The maximum Gasteiger partial charge on any atom is 0.267 e. The summed E-state index contributed by atoms with van der Waals surface area (Å²) in [5.41, 5.74) is -0.418. The van der Waals surface area contributed by atoms with Crippen LogP contribution in [0.5, 0.6) is 5.75 Å². The molecule has 3 aliphatic rings. The van der Waals surface area contributed by atoms with Gasteiger partial charge in [-0.1, -0.05) is 33.1 Å². The summed E-state index contributed by atoms with van der Waals surface area (Å²) in [5.74, 6) is 0.684. The first kappa shape index (κ1) is 22.1. The number of halogens is 1. The molecule has 2 saturated heterocycles. The fourth-order valence-electron chi connectivity index (χ4n) is 5.34. The van der Waals surface area contributed by atoms with Gasteiger partial charge in [0.1, 0.15) is 18.1 Å². The van der Waals surface area contributed by atoms with Gasteiger partial charge in [-0.15, -0.1) is 0 Å². The van der Waals surface area contributed by atoms with Crippen molar-refractivity contribution in [2.75, 3.05) is 39.3 Å². The minimum Gasteiger partial charge on any atom is -0.478 e. The standard InChI is InChI=1S/C24H34FN3O3/c1-18(2)16-26-12-14-27(15-13-26)21(29)17-28-23(30)22(24(28)10-4-3-5-11-24)31-20-8-6-19(25)7-9-20/h6-9,18,22H,3-5,10-17H2,1-2H3. The van der Waals surface area contributed by atoms with Gasteiger partial charge >= 0.3 is 0 Å². The lowest BCUT2D eigenvalue weighted by Crippen LogP contribution is -2.77. The lowest BCUT2D eigenvalue weighted by molar-refractivity contribution is -0.189. The lowest BCUT2D eigenvalue weighted by Gasteiger charge is -2.58. The van der Waals surface area contributed by atoms with Gasteiger partial charge in [0.25, 0.3) is 5.91 Å². The van der Waals surface area contributed by atoms with Crippen LogP contribution in [0.4, 0.5) is 4.39 Å². The van der Waals surface area contributed by atoms with Crippen LogP contribution in [0.1, 0.15) is 46.0 Å². The Morgan fingerprint density at radius 2 is 1.74 bits per heavy atom. The zero-order chi connectivity index (χ0) is 22.0. The summed E-state index contributed by atoms with van der Waals surface area (Å²) in [6.45, 7) is 8.82. The van der Waals surface area contributed by atoms with Crippen molar-refractivity contribution >= 4 is 11.8 Å². The Kier molecular flexibility index (Phi) is 6.51. The highest BCUT2D eigenvalue weighted by Crippen LogP contribution is 2.45. The number of likely N-dealkylation sites (tertiary alicyclic amines) is 1. The van der Waals surface area contributed by atoms with E-state index in [9.17, 15) is 14.0 Å². The van der Waals surface area contributed by atoms with Crippen molar-refractivity contribution in [3.63, 3.8) is 0 Å². The smallest absolute Gasteiger partial charge is 0.267 e. The van der Waals surface area contributed by atoms with E-state index >= 15 is 0 Å². The number of hydrogen-bond acceptors (Lipinski definition) is 4. The second-order valence-corrected chi connectivity index (χ2v) is 9.62. The van der Waals surface area contributed by atoms with E-state index < -0.39 is 11.6 Å². The van der Waals surface area contributed by atoms with E-state index in [2.05, 4.69) is 18.7 Å². The van der Waals surface area contributed by atoms with E-state index in [1.165, 1.54) is 12.1 Å². The fourth-order valence-corrected chi connectivity index (χ4v) is 5.34. The van der Waals surface area contributed by atoms with Crippen molar-refractivity contribution in [1.29, 1.82) is 0 Å². The van der Waals surface area contributed by atoms with E-state index in [1.54, 1.807) is 17.0 Å². The molecule has 1 aliphatic carbocycles. The highest BCUT2D eigenvalue weighted by atomic mass is 19.1. The molecule has 4 rings (SSSR count). The first-order valence-corrected chi connectivity index (χ1v) is 11.6. The summed E-state index contributed by atoms with van der Waals surface area (Å²) in [6, 6.07) is 5.80. The average molecular weight is 432 g/mol. The number of nitrogens with zero attached hydrogens (tertiary/aromatic N) is 3. The number of rotatable bonds is 6. The quantitative estimate of drug-likeness (QED) is 0.650. The van der Waals surface area contributed by atoms with Crippen molar-refractivity contribution < 1.29 is 18.7 Å². The molecule has 31 heavy (non-hydrogen) atoms. The van der Waals surface area contributed by atoms with Crippen LogP contribution in [-0.4, -0.2) is 77.4 Å². The predicted molar refractivity (Wildman–Crippen MR) is 116 cm³/mol. The minimum absolute atomic E-state index is 0.0303. The SMILES string of the molecule is CC(C)CN1CCN(C(=O)CN2C(=O)C(Oc3ccc(F)cc3)C23CCCCC3)CC1. The van der Waals surface area contributed by atoms with E-state index in [-0.39, 0.29) is 24.2 Å². The zero-order valence-corrected chi connectivity index (χ0v) is 18.7. The van der Waals surface area contributed by atoms with Crippen molar-refractivity contribution in [3.8, 4) is 5.75 Å². The maximum atomic E-state index is 13.2. The largest absolute Gasteiger partial charge is 0.478 e. The third-order valence-electron chi connectivity index (χ3n) is 6.94. The highest BCUT2D eigenvalue weighted by molar-refractivity contribution is 5.94. The normalized spacial score (nSPS) is 23.9. The van der Waals surface area contributed by atoms with Crippen molar-refractivity contribution in [2.24, 2.45) is 5.92 Å². The molecule has 6 nitrogen and oxygen atoms in total. The Bertz CT molecular complexity index is 784. The van der Waals surface area contributed by atoms with E-state index in [1.807, 2.05) is 4.90 Å². The third-order valence-corrected chi connectivity index (χ3v) is 6.94. The van der Waals surface area contributed by atoms with Crippen LogP contribution in [0.25, 0.3) is 0 Å². The molecule has 1 aromatic rings. The summed E-state index contributed by atoms with van der Waals surface area (Å²) >= 11 is 0. The zero-order valence-electron chi connectivity index (χ0n) is 18.7. The molecule has 7 heteroatoms. The molecule has 1 aromatic carbocycles. The Morgan fingerprint density at radius 3 is 2.35 bits per heavy atom. The molecule has 170 valence electrons. The average Bonchev–Trinajstić information content (AvgIpc) is 2.77. The van der Waals surface area contributed by atoms with Gasteiger partial charge in [-0.05, 0) is 43.0 Å². The molecule has 0 radical (unpaired) electrons. The number of carbonyl (C=O) groups is 2. The summed E-state index contributed by atoms with van der Waals surface area (Å²) in [5, 5.41) is 0. The first-order valence-electron chi connectivity index (χ1n) is 11.6. The van der Waals surface area contributed by atoms with Gasteiger partial charge in [0.2, 0.25) is 5.91 Å². The predicted octanol–water partition coefficient (Wildman–Crippen LogP) is 2.92. The van der Waals surface area contributed by atoms with Crippen LogP contribution >= 0.6 is 0 Å². The van der Waals surface area contributed by atoms with E-state index in [0.29, 0.717) is 11.7 Å². The molecule has 0 N–H and O–H groups in total. The molecule has 2 aliphatic heterocycles. The number of ether oxygens (including phenoxy) is 1. The molecule has 1 saturated carbocycles. The Morgan fingerprint density at radius 1 is 1.10 bits per heavy atom. The van der Waals surface area contributed by atoms with Gasteiger partial charge in [-0.25, -0.2) is 4.39 Å². The summed E-state index contributed by atoms with van der Waals surface area (Å²) in [7, 11) is 0. The monoisotopic (exact) mass is 431 g/mol. The molecule has 3 fully saturated rings. The number of β-lactam (4-membered cyclic amide) rings is 1. The molecular weight excluding hydrogens is 397 g/mol. The van der Waals surface area contributed by atoms with Crippen molar-refractivity contribution in [2.45, 2.75) is 57.6 Å². The summed E-state index contributed by atoms with van der Waals surface area (Å²) in [4.78, 5) is 32.1. The van der Waals surface area contributed by atoms with Gasteiger partial charge in [-0.2, -0.15) is 0 Å². The van der Waals surface area contributed by atoms with E-state index in [0.717, 1.165) is 64.8 Å². The summed E-state index contributed by atoms with van der Waals surface area (Å²) < 4.78 is 19.3. The van der Waals surface area contributed by atoms with Gasteiger partial charge in [0.05, 0.1) is 5.54 Å². The van der Waals surface area contributed by atoms with Gasteiger partial charge in [0.15, 0.2) is 6.10 Å². The molecule has 1 unspecified atom stereocenters.